The van der Waals surface area contributed by atoms with E-state index >= 15 is 0 Å². The van der Waals surface area contributed by atoms with Crippen LogP contribution in [0.1, 0.15) is 32.1 Å². The van der Waals surface area contributed by atoms with Crippen molar-refractivity contribution in [3.05, 3.63) is 0 Å². The Bertz CT molecular complexity index is 185. The number of nitrogens with zero attached hydrogens (tertiary/aromatic N) is 1. The fourth-order valence-electron chi connectivity index (χ4n) is 1.78. The molecule has 1 unspecified atom stereocenters. The number of hydrogen-bond donors (Lipinski definition) is 2. The Labute approximate surface area is 85.1 Å². The second-order valence-electron chi connectivity index (χ2n) is 3.86. The zero-order valence-corrected chi connectivity index (χ0v) is 8.61. The van der Waals surface area contributed by atoms with Gasteiger partial charge in [-0.3, -0.25) is 4.79 Å². The summed E-state index contributed by atoms with van der Waals surface area (Å²) >= 11 is 0. The fourth-order valence-corrected chi connectivity index (χ4v) is 1.78. The zero-order valence-electron chi connectivity index (χ0n) is 8.61. The van der Waals surface area contributed by atoms with Crippen LogP contribution in [-0.4, -0.2) is 41.7 Å². The highest BCUT2D eigenvalue weighted by Gasteiger charge is 2.24. The quantitative estimate of drug-likeness (QED) is 0.618. The number of rotatable bonds is 5. The van der Waals surface area contributed by atoms with E-state index in [4.69, 9.17) is 10.8 Å². The maximum Gasteiger partial charge on any atom is 0.239 e. The topological polar surface area (TPSA) is 66.6 Å². The molecule has 1 rings (SSSR count). The average Bonchev–Trinajstić information content (AvgIpc) is 2.19. The van der Waals surface area contributed by atoms with Crippen molar-refractivity contribution >= 4 is 5.91 Å². The number of nitrogens with two attached hydrogens (primary N) is 1. The van der Waals surface area contributed by atoms with Crippen molar-refractivity contribution < 1.29 is 9.90 Å². The maximum absolute atomic E-state index is 11.5. The molecular formula is C10H20N2O2. The summed E-state index contributed by atoms with van der Waals surface area (Å²) in [5.41, 5.74) is 5.67. The van der Waals surface area contributed by atoms with Crippen LogP contribution in [0, 0.1) is 0 Å². The molecule has 1 saturated heterocycles. The maximum atomic E-state index is 11.5. The fraction of sp³-hybridized carbons (Fsp3) is 0.900. The van der Waals surface area contributed by atoms with Gasteiger partial charge in [0.1, 0.15) is 0 Å². The number of aliphatic hydroxyl groups excluding tert-OH is 1. The van der Waals surface area contributed by atoms with Crippen molar-refractivity contribution in [2.24, 2.45) is 5.73 Å². The van der Waals surface area contributed by atoms with Gasteiger partial charge in [0.05, 0.1) is 6.04 Å². The van der Waals surface area contributed by atoms with Gasteiger partial charge in [-0.05, 0) is 32.1 Å². The third-order valence-electron chi connectivity index (χ3n) is 2.66. The van der Waals surface area contributed by atoms with Crippen molar-refractivity contribution in [3.8, 4) is 0 Å². The smallest absolute Gasteiger partial charge is 0.239 e. The summed E-state index contributed by atoms with van der Waals surface area (Å²) in [4.78, 5) is 13.4. The Morgan fingerprint density at radius 2 is 2.21 bits per heavy atom. The van der Waals surface area contributed by atoms with E-state index in [2.05, 4.69) is 0 Å². The lowest BCUT2D eigenvalue weighted by molar-refractivity contribution is -0.134. The molecule has 0 aromatic carbocycles. The number of carbonyl (C=O) groups excluding carboxylic acids is 1. The van der Waals surface area contributed by atoms with Gasteiger partial charge in [-0.25, -0.2) is 0 Å². The Balaban J connectivity index is 2.19. The molecule has 1 atom stereocenters. The molecule has 0 spiro atoms. The molecule has 0 radical (unpaired) electrons. The van der Waals surface area contributed by atoms with Gasteiger partial charge < -0.3 is 15.7 Å². The normalized spacial score (nSPS) is 22.9. The summed E-state index contributed by atoms with van der Waals surface area (Å²) in [6.07, 6.45) is 4.63. The van der Waals surface area contributed by atoms with Crippen molar-refractivity contribution in [1.29, 1.82) is 0 Å². The number of piperidine rings is 1. The molecule has 0 aliphatic carbocycles. The molecule has 1 amide bonds. The van der Waals surface area contributed by atoms with Crippen LogP contribution < -0.4 is 5.73 Å². The predicted molar refractivity (Wildman–Crippen MR) is 54.7 cm³/mol. The van der Waals surface area contributed by atoms with Gasteiger partial charge >= 0.3 is 0 Å². The highest BCUT2D eigenvalue weighted by molar-refractivity contribution is 5.82. The Kier molecular flexibility index (Phi) is 4.90. The molecule has 0 aromatic rings. The van der Waals surface area contributed by atoms with Crippen LogP contribution in [0.5, 0.6) is 0 Å². The third-order valence-corrected chi connectivity index (χ3v) is 2.66. The van der Waals surface area contributed by atoms with E-state index in [1.165, 1.54) is 0 Å². The van der Waals surface area contributed by atoms with Gasteiger partial charge in [-0.15, -0.1) is 0 Å². The molecule has 0 bridgehead atoms. The van der Waals surface area contributed by atoms with E-state index in [0.29, 0.717) is 0 Å². The molecule has 4 nitrogen and oxygen atoms in total. The molecule has 0 saturated carbocycles. The predicted octanol–water partition coefficient (Wildman–Crippen LogP) is 0.0987. The average molecular weight is 200 g/mol. The molecule has 14 heavy (non-hydrogen) atoms. The summed E-state index contributed by atoms with van der Waals surface area (Å²) < 4.78 is 0. The van der Waals surface area contributed by atoms with Crippen LogP contribution >= 0.6 is 0 Å². The molecule has 4 heteroatoms. The van der Waals surface area contributed by atoms with Crippen LogP contribution in [0.3, 0.4) is 0 Å². The molecule has 82 valence electrons. The largest absolute Gasteiger partial charge is 0.396 e. The number of carbonyl (C=O) groups is 1. The van der Waals surface area contributed by atoms with E-state index in [1.54, 1.807) is 0 Å². The molecule has 1 aliphatic heterocycles. The van der Waals surface area contributed by atoms with Gasteiger partial charge in [-0.2, -0.15) is 0 Å². The standard InChI is InChI=1S/C10H20N2O2/c11-9-5-4-7-12(10(9)14)6-2-1-3-8-13/h9,13H,1-8,11H2. The molecule has 0 aromatic heterocycles. The van der Waals surface area contributed by atoms with E-state index in [9.17, 15) is 4.79 Å². The van der Waals surface area contributed by atoms with Crippen LogP contribution in [0.25, 0.3) is 0 Å². The molecular weight excluding hydrogens is 180 g/mol. The highest BCUT2D eigenvalue weighted by atomic mass is 16.2. The van der Waals surface area contributed by atoms with Crippen molar-refractivity contribution in [3.63, 3.8) is 0 Å². The van der Waals surface area contributed by atoms with Gasteiger partial charge in [-0.1, -0.05) is 0 Å². The number of aliphatic hydroxyl groups is 1. The Morgan fingerprint density at radius 1 is 1.43 bits per heavy atom. The first kappa shape index (κ1) is 11.5. The van der Waals surface area contributed by atoms with Crippen LogP contribution in [0.2, 0.25) is 0 Å². The van der Waals surface area contributed by atoms with Crippen LogP contribution in [0.15, 0.2) is 0 Å². The van der Waals surface area contributed by atoms with E-state index in [1.807, 2.05) is 4.90 Å². The minimum atomic E-state index is -0.276. The second-order valence-corrected chi connectivity index (χ2v) is 3.86. The van der Waals surface area contributed by atoms with E-state index in [-0.39, 0.29) is 18.6 Å². The van der Waals surface area contributed by atoms with E-state index < -0.39 is 0 Å². The highest BCUT2D eigenvalue weighted by Crippen LogP contribution is 2.11. The lowest BCUT2D eigenvalue weighted by atomic mass is 10.1. The van der Waals surface area contributed by atoms with Crippen molar-refractivity contribution in [2.45, 2.75) is 38.1 Å². The SMILES string of the molecule is NC1CCCN(CCCCCO)C1=O. The summed E-state index contributed by atoms with van der Waals surface area (Å²) in [7, 11) is 0. The molecule has 1 heterocycles. The Hall–Kier alpha value is -0.610. The second kappa shape index (κ2) is 5.98. The summed E-state index contributed by atoms with van der Waals surface area (Å²) in [6.45, 7) is 1.89. The number of likely N-dealkylation sites (tertiary alicyclic amines) is 1. The monoisotopic (exact) mass is 200 g/mol. The lowest BCUT2D eigenvalue weighted by Crippen LogP contribution is -2.48. The molecule has 1 fully saturated rings. The van der Waals surface area contributed by atoms with Gasteiger partial charge in [0.2, 0.25) is 5.91 Å². The first-order chi connectivity index (χ1) is 6.75. The first-order valence-corrected chi connectivity index (χ1v) is 5.41. The van der Waals surface area contributed by atoms with Gasteiger partial charge in [0.15, 0.2) is 0 Å². The van der Waals surface area contributed by atoms with E-state index in [0.717, 1.165) is 45.2 Å². The summed E-state index contributed by atoms with van der Waals surface area (Å²) in [5, 5.41) is 8.60. The molecule has 1 aliphatic rings. The number of amides is 1. The Morgan fingerprint density at radius 3 is 2.93 bits per heavy atom. The first-order valence-electron chi connectivity index (χ1n) is 5.41. The van der Waals surface area contributed by atoms with Crippen LogP contribution in [-0.2, 0) is 4.79 Å². The number of hydrogen-bond acceptors (Lipinski definition) is 3. The zero-order chi connectivity index (χ0) is 10.4. The summed E-state index contributed by atoms with van der Waals surface area (Å²) in [6, 6.07) is -0.276. The van der Waals surface area contributed by atoms with Crippen molar-refractivity contribution in [2.75, 3.05) is 19.7 Å². The minimum absolute atomic E-state index is 0.0975. The van der Waals surface area contributed by atoms with Crippen LogP contribution in [0.4, 0.5) is 0 Å². The minimum Gasteiger partial charge on any atom is -0.396 e. The third kappa shape index (κ3) is 3.27. The molecule has 3 N–H and O–H groups in total. The number of unbranched alkanes of at least 4 members (excludes halogenated alkanes) is 2. The van der Waals surface area contributed by atoms with Gasteiger partial charge in [0.25, 0.3) is 0 Å². The van der Waals surface area contributed by atoms with Crippen molar-refractivity contribution in [1.82, 2.24) is 4.90 Å². The van der Waals surface area contributed by atoms with Gasteiger partial charge in [0, 0.05) is 19.7 Å². The lowest BCUT2D eigenvalue weighted by Gasteiger charge is -2.30. The summed E-state index contributed by atoms with van der Waals surface area (Å²) in [5.74, 6) is 0.0975.